The predicted octanol–water partition coefficient (Wildman–Crippen LogP) is 2.44. The minimum absolute atomic E-state index is 0.00472. The van der Waals surface area contributed by atoms with Gasteiger partial charge in [0.25, 0.3) is 0 Å². The van der Waals surface area contributed by atoms with Gasteiger partial charge in [0.05, 0.1) is 6.10 Å². The van der Waals surface area contributed by atoms with Gasteiger partial charge in [0.2, 0.25) is 0 Å². The minimum Gasteiger partial charge on any atom is -0.458 e. The van der Waals surface area contributed by atoms with Crippen LogP contribution in [0.15, 0.2) is 12.1 Å². The first-order valence-corrected chi connectivity index (χ1v) is 4.41. The van der Waals surface area contributed by atoms with Gasteiger partial charge in [0, 0.05) is 0 Å². The molecule has 0 aromatic carbocycles. The van der Waals surface area contributed by atoms with Gasteiger partial charge in [-0.25, -0.2) is 14.2 Å². The van der Waals surface area contributed by atoms with Crippen LogP contribution in [0.2, 0.25) is 5.15 Å². The second-order valence-corrected chi connectivity index (χ2v) is 3.28. The molecule has 1 aromatic heterocycles. The van der Waals surface area contributed by atoms with Crippen LogP contribution < -0.4 is 0 Å². The van der Waals surface area contributed by atoms with E-state index in [0.29, 0.717) is 0 Å². The summed E-state index contributed by atoms with van der Waals surface area (Å²) in [5, 5.41) is -0.330. The van der Waals surface area contributed by atoms with Gasteiger partial charge < -0.3 is 4.74 Å². The zero-order valence-corrected chi connectivity index (χ0v) is 8.51. The molecule has 76 valence electrons. The molecule has 0 saturated carbocycles. The van der Waals surface area contributed by atoms with Gasteiger partial charge in [0.15, 0.2) is 11.0 Å². The number of rotatable bonds is 2. The second kappa shape index (κ2) is 4.37. The van der Waals surface area contributed by atoms with Gasteiger partial charge in [-0.1, -0.05) is 11.6 Å². The molecular formula is C9H9ClFNO2. The van der Waals surface area contributed by atoms with Crippen LogP contribution in [0, 0.1) is 5.82 Å². The van der Waals surface area contributed by atoms with Crippen molar-refractivity contribution in [3.63, 3.8) is 0 Å². The van der Waals surface area contributed by atoms with Crippen molar-refractivity contribution in [2.24, 2.45) is 0 Å². The zero-order chi connectivity index (χ0) is 10.7. The van der Waals surface area contributed by atoms with Crippen molar-refractivity contribution in [1.82, 2.24) is 4.98 Å². The highest BCUT2D eigenvalue weighted by Gasteiger charge is 2.12. The van der Waals surface area contributed by atoms with Gasteiger partial charge >= 0.3 is 5.97 Å². The molecule has 0 aliphatic heterocycles. The number of halogens is 2. The van der Waals surface area contributed by atoms with Crippen molar-refractivity contribution in [1.29, 1.82) is 0 Å². The first kappa shape index (κ1) is 10.9. The lowest BCUT2D eigenvalue weighted by Crippen LogP contribution is -2.13. The van der Waals surface area contributed by atoms with Crippen LogP contribution in [0.3, 0.4) is 0 Å². The third kappa shape index (κ3) is 2.67. The second-order valence-electron chi connectivity index (χ2n) is 2.92. The van der Waals surface area contributed by atoms with Crippen LogP contribution in [-0.4, -0.2) is 17.1 Å². The third-order valence-corrected chi connectivity index (χ3v) is 1.62. The van der Waals surface area contributed by atoms with Gasteiger partial charge in [-0.05, 0) is 26.0 Å². The number of hydrogen-bond acceptors (Lipinski definition) is 3. The molecule has 0 aliphatic rings. The quantitative estimate of drug-likeness (QED) is 0.564. The Labute approximate surface area is 85.9 Å². The van der Waals surface area contributed by atoms with Crippen molar-refractivity contribution < 1.29 is 13.9 Å². The average Bonchev–Trinajstić information content (AvgIpc) is 2.08. The summed E-state index contributed by atoms with van der Waals surface area (Å²) in [5.41, 5.74) is 0.00472. The molecule has 0 atom stereocenters. The molecule has 1 rings (SSSR count). The Morgan fingerprint density at radius 3 is 2.71 bits per heavy atom. The summed E-state index contributed by atoms with van der Waals surface area (Å²) in [6.45, 7) is 3.42. The van der Waals surface area contributed by atoms with Gasteiger partial charge in [-0.15, -0.1) is 0 Å². The molecule has 5 heteroatoms. The standard InChI is InChI=1S/C9H9ClFNO2/c1-5(2)14-9(13)7-4-3-6(11)8(10)12-7/h3-5H,1-2H3. The Kier molecular flexibility index (Phi) is 3.41. The van der Waals surface area contributed by atoms with E-state index in [-0.39, 0.29) is 17.0 Å². The summed E-state index contributed by atoms with van der Waals surface area (Å²) >= 11 is 5.40. The highest BCUT2D eigenvalue weighted by molar-refractivity contribution is 6.29. The first-order chi connectivity index (χ1) is 6.50. The third-order valence-electron chi connectivity index (χ3n) is 1.36. The van der Waals surface area contributed by atoms with Gasteiger partial charge in [0.1, 0.15) is 5.69 Å². The summed E-state index contributed by atoms with van der Waals surface area (Å²) < 4.78 is 17.5. The molecule has 0 aliphatic carbocycles. The van der Waals surface area contributed by atoms with Crippen LogP contribution in [0.4, 0.5) is 4.39 Å². The topological polar surface area (TPSA) is 39.2 Å². The zero-order valence-electron chi connectivity index (χ0n) is 7.75. The fourth-order valence-corrected chi connectivity index (χ4v) is 0.959. The van der Waals surface area contributed by atoms with E-state index in [2.05, 4.69) is 4.98 Å². The van der Waals surface area contributed by atoms with E-state index in [4.69, 9.17) is 16.3 Å². The molecule has 0 saturated heterocycles. The largest absolute Gasteiger partial charge is 0.458 e. The van der Waals surface area contributed by atoms with Crippen LogP contribution in [0.5, 0.6) is 0 Å². The van der Waals surface area contributed by atoms with Crippen LogP contribution >= 0.6 is 11.6 Å². The van der Waals surface area contributed by atoms with Crippen LogP contribution in [-0.2, 0) is 4.74 Å². The van der Waals surface area contributed by atoms with E-state index in [9.17, 15) is 9.18 Å². The lowest BCUT2D eigenvalue weighted by molar-refractivity contribution is 0.0371. The van der Waals surface area contributed by atoms with E-state index in [1.165, 1.54) is 6.07 Å². The Bertz CT molecular complexity index is 355. The fraction of sp³-hybridized carbons (Fsp3) is 0.333. The van der Waals surface area contributed by atoms with Crippen LogP contribution in [0.25, 0.3) is 0 Å². The van der Waals surface area contributed by atoms with E-state index in [1.54, 1.807) is 13.8 Å². The van der Waals surface area contributed by atoms with Crippen molar-refractivity contribution in [2.45, 2.75) is 20.0 Å². The van der Waals surface area contributed by atoms with Crippen molar-refractivity contribution in [3.8, 4) is 0 Å². The molecule has 0 unspecified atom stereocenters. The molecule has 1 heterocycles. The molecule has 3 nitrogen and oxygen atoms in total. The number of nitrogens with zero attached hydrogens (tertiary/aromatic N) is 1. The summed E-state index contributed by atoms with van der Waals surface area (Å²) in [4.78, 5) is 14.8. The molecule has 0 radical (unpaired) electrons. The van der Waals surface area contributed by atoms with E-state index in [1.807, 2.05) is 0 Å². The number of esters is 1. The summed E-state index contributed by atoms with van der Waals surface area (Å²) in [6.07, 6.45) is -0.242. The maximum atomic E-state index is 12.7. The monoisotopic (exact) mass is 217 g/mol. The molecule has 14 heavy (non-hydrogen) atoms. The highest BCUT2D eigenvalue weighted by atomic mass is 35.5. The molecular weight excluding hydrogens is 209 g/mol. The Morgan fingerprint density at radius 2 is 2.21 bits per heavy atom. The molecule has 1 aromatic rings. The number of hydrogen-bond donors (Lipinski definition) is 0. The number of carbonyl (C=O) groups excluding carboxylic acids is 1. The van der Waals surface area contributed by atoms with Gasteiger partial charge in [-0.2, -0.15) is 0 Å². The minimum atomic E-state index is -0.659. The average molecular weight is 218 g/mol. The Morgan fingerprint density at radius 1 is 1.57 bits per heavy atom. The predicted molar refractivity (Wildman–Crippen MR) is 49.8 cm³/mol. The molecule has 0 amide bonds. The maximum absolute atomic E-state index is 12.7. The summed E-state index contributed by atoms with van der Waals surface area (Å²) in [7, 11) is 0. The van der Waals surface area contributed by atoms with Gasteiger partial charge in [-0.3, -0.25) is 0 Å². The fourth-order valence-electron chi connectivity index (χ4n) is 0.805. The number of ether oxygens (including phenoxy) is 1. The molecule has 0 N–H and O–H groups in total. The molecule has 0 fully saturated rings. The van der Waals surface area contributed by atoms with E-state index >= 15 is 0 Å². The summed E-state index contributed by atoms with van der Waals surface area (Å²) in [5.74, 6) is -1.27. The SMILES string of the molecule is CC(C)OC(=O)c1ccc(F)c(Cl)n1. The lowest BCUT2D eigenvalue weighted by Gasteiger charge is -2.06. The van der Waals surface area contributed by atoms with Crippen molar-refractivity contribution in [3.05, 3.63) is 28.8 Å². The molecule has 0 spiro atoms. The number of pyridine rings is 1. The lowest BCUT2D eigenvalue weighted by atomic mass is 10.3. The van der Waals surface area contributed by atoms with Crippen LogP contribution in [0.1, 0.15) is 24.3 Å². The number of carbonyl (C=O) groups is 1. The summed E-state index contributed by atoms with van der Waals surface area (Å²) in [6, 6.07) is 2.30. The highest BCUT2D eigenvalue weighted by Crippen LogP contribution is 2.12. The Hall–Kier alpha value is -1.16. The molecule has 0 bridgehead atoms. The maximum Gasteiger partial charge on any atom is 0.357 e. The normalized spacial score (nSPS) is 10.4. The van der Waals surface area contributed by atoms with Crippen molar-refractivity contribution in [2.75, 3.05) is 0 Å². The Balaban J connectivity index is 2.86. The van der Waals surface area contributed by atoms with Crippen molar-refractivity contribution >= 4 is 17.6 Å². The smallest absolute Gasteiger partial charge is 0.357 e. The number of aromatic nitrogens is 1. The van der Waals surface area contributed by atoms with E-state index in [0.717, 1.165) is 6.07 Å². The van der Waals surface area contributed by atoms with E-state index < -0.39 is 11.8 Å². The first-order valence-electron chi connectivity index (χ1n) is 4.03.